The van der Waals surface area contributed by atoms with Crippen LogP contribution in [0.1, 0.15) is 17.2 Å². The van der Waals surface area contributed by atoms with Crippen molar-refractivity contribution in [2.75, 3.05) is 12.9 Å². The molecule has 2 nitrogen and oxygen atoms in total. The van der Waals surface area contributed by atoms with E-state index in [9.17, 15) is 4.39 Å². The number of benzene rings is 2. The minimum atomic E-state index is -0.295. The zero-order valence-electron chi connectivity index (χ0n) is 11.6. The molecule has 0 radical (unpaired) electrons. The summed E-state index contributed by atoms with van der Waals surface area (Å²) < 4.78 is 18.6. The van der Waals surface area contributed by atoms with E-state index < -0.39 is 0 Å². The molecule has 4 heteroatoms. The van der Waals surface area contributed by atoms with Gasteiger partial charge in [-0.25, -0.2) is 4.39 Å². The topological polar surface area (TPSA) is 35.2 Å². The van der Waals surface area contributed by atoms with Crippen molar-refractivity contribution in [1.29, 1.82) is 0 Å². The highest BCUT2D eigenvalue weighted by Crippen LogP contribution is 2.29. The van der Waals surface area contributed by atoms with Gasteiger partial charge in [0.2, 0.25) is 0 Å². The second-order valence-corrected chi connectivity index (χ2v) is 5.71. The Kier molecular flexibility index (Phi) is 5.04. The summed E-state index contributed by atoms with van der Waals surface area (Å²) in [5, 5.41) is 0. The van der Waals surface area contributed by atoms with Crippen molar-refractivity contribution in [2.24, 2.45) is 5.73 Å². The fourth-order valence-electron chi connectivity index (χ4n) is 1.98. The molecular formula is C16H18FNOS. The molecule has 0 saturated heterocycles. The molecule has 106 valence electrons. The van der Waals surface area contributed by atoms with Gasteiger partial charge in [0, 0.05) is 22.3 Å². The van der Waals surface area contributed by atoms with Crippen LogP contribution in [0.25, 0.3) is 0 Å². The highest BCUT2D eigenvalue weighted by Gasteiger charge is 2.13. The van der Waals surface area contributed by atoms with Crippen molar-refractivity contribution in [3.8, 4) is 5.75 Å². The largest absolute Gasteiger partial charge is 0.496 e. The van der Waals surface area contributed by atoms with Gasteiger partial charge in [-0.05, 0) is 37.3 Å². The monoisotopic (exact) mass is 291 g/mol. The average Bonchev–Trinajstić information content (AvgIpc) is 2.45. The summed E-state index contributed by atoms with van der Waals surface area (Å²) in [6, 6.07) is 12.4. The summed E-state index contributed by atoms with van der Waals surface area (Å²) in [7, 11) is 1.57. The van der Waals surface area contributed by atoms with Crippen LogP contribution in [0.15, 0.2) is 47.4 Å². The van der Waals surface area contributed by atoms with Gasteiger partial charge in [-0.15, -0.1) is 11.8 Å². The third kappa shape index (κ3) is 3.74. The third-order valence-electron chi connectivity index (χ3n) is 3.01. The second-order valence-electron chi connectivity index (χ2n) is 4.62. The first-order valence-corrected chi connectivity index (χ1v) is 7.37. The normalized spacial score (nSPS) is 12.2. The lowest BCUT2D eigenvalue weighted by atomic mass is 10.1. The first-order chi connectivity index (χ1) is 9.60. The number of hydrogen-bond acceptors (Lipinski definition) is 3. The molecule has 2 aromatic carbocycles. The Morgan fingerprint density at radius 3 is 2.75 bits per heavy atom. The van der Waals surface area contributed by atoms with E-state index in [1.54, 1.807) is 24.9 Å². The fourth-order valence-corrected chi connectivity index (χ4v) is 2.97. The Morgan fingerprint density at radius 2 is 2.05 bits per heavy atom. The summed E-state index contributed by atoms with van der Waals surface area (Å²) in [6.45, 7) is 2.06. The first kappa shape index (κ1) is 14.9. The van der Waals surface area contributed by atoms with Crippen molar-refractivity contribution >= 4 is 11.8 Å². The van der Waals surface area contributed by atoms with Crippen LogP contribution in [0.5, 0.6) is 5.75 Å². The highest BCUT2D eigenvalue weighted by molar-refractivity contribution is 7.99. The van der Waals surface area contributed by atoms with Gasteiger partial charge >= 0.3 is 0 Å². The Balaban J connectivity index is 2.08. The Morgan fingerprint density at radius 1 is 1.25 bits per heavy atom. The number of aryl methyl sites for hydroxylation is 1. The minimum absolute atomic E-state index is 0.272. The van der Waals surface area contributed by atoms with E-state index in [4.69, 9.17) is 10.5 Å². The van der Waals surface area contributed by atoms with E-state index in [0.29, 0.717) is 17.1 Å². The summed E-state index contributed by atoms with van der Waals surface area (Å²) in [5.74, 6) is 1.00. The van der Waals surface area contributed by atoms with E-state index in [1.807, 2.05) is 12.1 Å². The molecule has 1 unspecified atom stereocenters. The standard InChI is InChI=1S/C16H18FNOS/c1-11-4-3-5-13(8-11)20-10-15(18)14-9-12(17)6-7-16(14)19-2/h3-9,15H,10,18H2,1-2H3. The van der Waals surface area contributed by atoms with Gasteiger partial charge in [0.25, 0.3) is 0 Å². The zero-order chi connectivity index (χ0) is 14.5. The van der Waals surface area contributed by atoms with Crippen LogP contribution in [-0.4, -0.2) is 12.9 Å². The molecule has 0 spiro atoms. The Bertz CT molecular complexity index is 588. The van der Waals surface area contributed by atoms with Crippen LogP contribution in [0.4, 0.5) is 4.39 Å². The van der Waals surface area contributed by atoms with Crippen molar-refractivity contribution < 1.29 is 9.13 Å². The molecule has 0 fully saturated rings. The summed E-state index contributed by atoms with van der Waals surface area (Å²) >= 11 is 1.66. The van der Waals surface area contributed by atoms with E-state index >= 15 is 0 Å². The van der Waals surface area contributed by atoms with E-state index in [2.05, 4.69) is 19.1 Å². The lowest BCUT2D eigenvalue weighted by Crippen LogP contribution is -2.14. The summed E-state index contributed by atoms with van der Waals surface area (Å²) in [4.78, 5) is 1.16. The maximum atomic E-state index is 13.3. The number of halogens is 1. The van der Waals surface area contributed by atoms with Crippen LogP contribution in [0, 0.1) is 12.7 Å². The smallest absolute Gasteiger partial charge is 0.123 e. The molecule has 0 aliphatic heterocycles. The molecule has 0 aliphatic carbocycles. The zero-order valence-corrected chi connectivity index (χ0v) is 12.4. The van der Waals surface area contributed by atoms with Gasteiger partial charge in [0.05, 0.1) is 7.11 Å². The van der Waals surface area contributed by atoms with Crippen molar-refractivity contribution in [1.82, 2.24) is 0 Å². The van der Waals surface area contributed by atoms with E-state index in [1.165, 1.54) is 17.7 Å². The molecule has 0 heterocycles. The van der Waals surface area contributed by atoms with E-state index in [-0.39, 0.29) is 11.9 Å². The fraction of sp³-hybridized carbons (Fsp3) is 0.250. The first-order valence-electron chi connectivity index (χ1n) is 6.38. The Labute approximate surface area is 123 Å². The van der Waals surface area contributed by atoms with Gasteiger partial charge in [-0.2, -0.15) is 0 Å². The molecule has 1 atom stereocenters. The Hall–Kier alpha value is -1.52. The molecule has 0 amide bonds. The molecule has 0 saturated carbocycles. The highest BCUT2D eigenvalue weighted by atomic mass is 32.2. The van der Waals surface area contributed by atoms with Crippen LogP contribution >= 0.6 is 11.8 Å². The SMILES string of the molecule is COc1ccc(F)cc1C(N)CSc1cccc(C)c1. The van der Waals surface area contributed by atoms with Gasteiger partial charge in [0.1, 0.15) is 11.6 Å². The summed E-state index contributed by atoms with van der Waals surface area (Å²) in [5.41, 5.74) is 8.07. The van der Waals surface area contributed by atoms with Crippen molar-refractivity contribution in [3.05, 3.63) is 59.4 Å². The molecule has 2 N–H and O–H groups in total. The number of nitrogens with two attached hydrogens (primary N) is 1. The number of ether oxygens (including phenoxy) is 1. The predicted molar refractivity (Wildman–Crippen MR) is 81.8 cm³/mol. The molecule has 2 rings (SSSR count). The van der Waals surface area contributed by atoms with E-state index in [0.717, 1.165) is 4.90 Å². The maximum Gasteiger partial charge on any atom is 0.123 e. The molecular weight excluding hydrogens is 273 g/mol. The molecule has 20 heavy (non-hydrogen) atoms. The van der Waals surface area contributed by atoms with Crippen LogP contribution in [-0.2, 0) is 0 Å². The number of thioether (sulfide) groups is 1. The molecule has 0 aromatic heterocycles. The van der Waals surface area contributed by atoms with Gasteiger partial charge in [-0.3, -0.25) is 0 Å². The van der Waals surface area contributed by atoms with Gasteiger partial charge in [0.15, 0.2) is 0 Å². The predicted octanol–water partition coefficient (Wildman–Crippen LogP) is 3.93. The number of methoxy groups -OCH3 is 1. The molecule has 0 bridgehead atoms. The van der Waals surface area contributed by atoms with Gasteiger partial charge in [-0.1, -0.05) is 17.7 Å². The van der Waals surface area contributed by atoms with Crippen molar-refractivity contribution in [3.63, 3.8) is 0 Å². The molecule has 2 aromatic rings. The lowest BCUT2D eigenvalue weighted by Gasteiger charge is -2.15. The van der Waals surface area contributed by atoms with Crippen molar-refractivity contribution in [2.45, 2.75) is 17.9 Å². The lowest BCUT2D eigenvalue weighted by molar-refractivity contribution is 0.405. The summed E-state index contributed by atoms with van der Waals surface area (Å²) in [6.07, 6.45) is 0. The maximum absolute atomic E-state index is 13.3. The molecule has 0 aliphatic rings. The van der Waals surface area contributed by atoms with Crippen LogP contribution in [0.2, 0.25) is 0 Å². The minimum Gasteiger partial charge on any atom is -0.496 e. The number of hydrogen-bond donors (Lipinski definition) is 1. The third-order valence-corrected chi connectivity index (χ3v) is 4.12. The second kappa shape index (κ2) is 6.77. The van der Waals surface area contributed by atoms with Crippen LogP contribution in [0.3, 0.4) is 0 Å². The van der Waals surface area contributed by atoms with Gasteiger partial charge < -0.3 is 10.5 Å². The quantitative estimate of drug-likeness (QED) is 0.848. The number of rotatable bonds is 5. The van der Waals surface area contributed by atoms with Crippen LogP contribution < -0.4 is 10.5 Å². The average molecular weight is 291 g/mol.